The molecule has 0 spiro atoms. The minimum Gasteiger partial charge on any atom is -0.205 e. The van der Waals surface area contributed by atoms with Crippen molar-refractivity contribution < 1.29 is 4.57 Å². The first kappa shape index (κ1) is 25.2. The summed E-state index contributed by atoms with van der Waals surface area (Å²) in [5.74, 6) is 0. The van der Waals surface area contributed by atoms with E-state index in [4.69, 9.17) is 0 Å². The van der Waals surface area contributed by atoms with E-state index >= 15 is 0 Å². The number of unbranched alkanes of at least 4 members (excludes halogenated alkanes) is 16. The van der Waals surface area contributed by atoms with Gasteiger partial charge in [-0.2, -0.15) is 0 Å². The first-order valence-corrected chi connectivity index (χ1v) is 12.8. The van der Waals surface area contributed by atoms with Crippen LogP contribution in [0.1, 0.15) is 135 Å². The molecule has 28 heavy (non-hydrogen) atoms. The van der Waals surface area contributed by atoms with E-state index in [1.807, 2.05) is 0 Å². The van der Waals surface area contributed by atoms with Crippen LogP contribution in [0.3, 0.4) is 0 Å². The zero-order valence-corrected chi connectivity index (χ0v) is 19.4. The van der Waals surface area contributed by atoms with Crippen LogP contribution < -0.4 is 4.57 Å². The highest BCUT2D eigenvalue weighted by molar-refractivity contribution is 5.05. The topological polar surface area (TPSA) is 3.88 Å². The van der Waals surface area contributed by atoms with Gasteiger partial charge in [-0.3, -0.25) is 0 Å². The molecule has 1 rings (SSSR count). The summed E-state index contributed by atoms with van der Waals surface area (Å²) in [6, 6.07) is 4.55. The summed E-state index contributed by atoms with van der Waals surface area (Å²) < 4.78 is 2.42. The lowest BCUT2D eigenvalue weighted by Gasteiger charge is -2.03. The highest BCUT2D eigenvalue weighted by Crippen LogP contribution is 2.12. The zero-order valence-electron chi connectivity index (χ0n) is 19.4. The molecule has 0 N–H and O–H groups in total. The first-order chi connectivity index (χ1) is 13.9. The van der Waals surface area contributed by atoms with Crippen LogP contribution in [0.2, 0.25) is 0 Å². The number of hydrogen-bond donors (Lipinski definition) is 0. The van der Waals surface area contributed by atoms with Crippen LogP contribution in [0.4, 0.5) is 0 Å². The summed E-state index contributed by atoms with van der Waals surface area (Å²) >= 11 is 0. The summed E-state index contributed by atoms with van der Waals surface area (Å²) in [4.78, 5) is 0. The van der Waals surface area contributed by atoms with Crippen LogP contribution in [-0.4, -0.2) is 0 Å². The summed E-state index contributed by atoms with van der Waals surface area (Å²) in [5.41, 5.74) is 1.52. The smallest absolute Gasteiger partial charge is 0.171 e. The minimum absolute atomic E-state index is 1.20. The van der Waals surface area contributed by atoms with Crippen molar-refractivity contribution in [3.8, 4) is 0 Å². The number of aryl methyl sites for hydroxylation is 2. The van der Waals surface area contributed by atoms with Crippen molar-refractivity contribution in [1.29, 1.82) is 0 Å². The number of rotatable bonds is 20. The molecule has 0 unspecified atom stereocenters. The van der Waals surface area contributed by atoms with Crippen molar-refractivity contribution in [2.24, 2.45) is 0 Å². The fraction of sp³-hybridized carbons (Fsp3) is 0.815. The van der Waals surface area contributed by atoms with Crippen molar-refractivity contribution in [2.45, 2.75) is 142 Å². The summed E-state index contributed by atoms with van der Waals surface area (Å²) in [6.45, 7) is 5.78. The Kier molecular flexibility index (Phi) is 17.5. The van der Waals surface area contributed by atoms with Gasteiger partial charge >= 0.3 is 0 Å². The lowest BCUT2D eigenvalue weighted by Crippen LogP contribution is -2.33. The average Bonchev–Trinajstić information content (AvgIpc) is 2.71. The van der Waals surface area contributed by atoms with Crippen LogP contribution in [0.25, 0.3) is 0 Å². The molecule has 1 heterocycles. The van der Waals surface area contributed by atoms with Gasteiger partial charge in [0.2, 0.25) is 0 Å². The Morgan fingerprint density at radius 3 is 1.57 bits per heavy atom. The van der Waals surface area contributed by atoms with E-state index in [1.54, 1.807) is 0 Å². The summed E-state index contributed by atoms with van der Waals surface area (Å²) in [5, 5.41) is 0. The highest BCUT2D eigenvalue weighted by atomic mass is 14.9. The summed E-state index contributed by atoms with van der Waals surface area (Å²) in [7, 11) is 0. The molecule has 1 aromatic heterocycles. The van der Waals surface area contributed by atoms with E-state index in [0.717, 1.165) is 0 Å². The van der Waals surface area contributed by atoms with Crippen molar-refractivity contribution in [3.63, 3.8) is 0 Å². The lowest BCUT2D eigenvalue weighted by atomic mass is 10.0. The number of aromatic nitrogens is 1. The lowest BCUT2D eigenvalue weighted by molar-refractivity contribution is -0.697. The molecule has 0 aliphatic carbocycles. The van der Waals surface area contributed by atoms with Gasteiger partial charge in [0.1, 0.15) is 6.54 Å². The van der Waals surface area contributed by atoms with Gasteiger partial charge in [-0.1, -0.05) is 110 Å². The van der Waals surface area contributed by atoms with Gasteiger partial charge < -0.3 is 0 Å². The Morgan fingerprint density at radius 1 is 0.571 bits per heavy atom. The third-order valence-corrected chi connectivity index (χ3v) is 6.01. The first-order valence-electron chi connectivity index (χ1n) is 12.8. The van der Waals surface area contributed by atoms with E-state index in [1.165, 1.54) is 134 Å². The van der Waals surface area contributed by atoms with Gasteiger partial charge in [0.15, 0.2) is 12.4 Å². The Bertz CT molecular complexity index is 440. The van der Waals surface area contributed by atoms with Gasteiger partial charge in [-0.25, -0.2) is 4.57 Å². The maximum Gasteiger partial charge on any atom is 0.171 e. The minimum atomic E-state index is 1.20. The predicted molar refractivity (Wildman–Crippen MR) is 125 cm³/mol. The molecule has 0 saturated heterocycles. The standard InChI is InChI=1S/C27H50N/c1-3-5-7-9-10-11-12-13-14-15-16-18-20-24-28-25-21-23-27(26-28)22-19-17-8-6-4-2/h21,23,25-26H,3-20,22,24H2,1-2H3/q+1. The van der Waals surface area contributed by atoms with Crippen molar-refractivity contribution in [2.75, 3.05) is 0 Å². The fourth-order valence-corrected chi connectivity index (χ4v) is 4.11. The van der Waals surface area contributed by atoms with Crippen LogP contribution in [0, 0.1) is 0 Å². The molecule has 0 radical (unpaired) electrons. The Labute approximate surface area is 177 Å². The Balaban J connectivity index is 1.94. The van der Waals surface area contributed by atoms with Crippen molar-refractivity contribution in [1.82, 2.24) is 0 Å². The number of hydrogen-bond acceptors (Lipinski definition) is 0. The number of nitrogens with zero attached hydrogens (tertiary/aromatic N) is 1. The number of pyridine rings is 1. The second-order valence-electron chi connectivity index (χ2n) is 8.86. The van der Waals surface area contributed by atoms with E-state index in [9.17, 15) is 0 Å². The van der Waals surface area contributed by atoms with Gasteiger partial charge in [0.05, 0.1) is 0 Å². The third-order valence-electron chi connectivity index (χ3n) is 6.01. The largest absolute Gasteiger partial charge is 0.205 e. The van der Waals surface area contributed by atoms with E-state index in [-0.39, 0.29) is 0 Å². The van der Waals surface area contributed by atoms with Gasteiger partial charge in [0, 0.05) is 18.1 Å². The quantitative estimate of drug-likeness (QED) is 0.155. The van der Waals surface area contributed by atoms with Gasteiger partial charge in [0.25, 0.3) is 0 Å². The SMILES string of the molecule is CCCCCCCCCCCCCCC[n+]1cccc(CCCCCCC)c1. The second-order valence-corrected chi connectivity index (χ2v) is 8.86. The highest BCUT2D eigenvalue weighted by Gasteiger charge is 2.03. The molecule has 1 aromatic rings. The summed E-state index contributed by atoms with van der Waals surface area (Å²) in [6.07, 6.45) is 31.4. The monoisotopic (exact) mass is 388 g/mol. The molecule has 0 saturated carbocycles. The average molecular weight is 389 g/mol. The molecular formula is C27H50N+. The van der Waals surface area contributed by atoms with E-state index in [0.29, 0.717) is 0 Å². The van der Waals surface area contributed by atoms with Gasteiger partial charge in [-0.05, 0) is 25.3 Å². The Hall–Kier alpha value is -0.850. The van der Waals surface area contributed by atoms with Gasteiger partial charge in [-0.15, -0.1) is 0 Å². The molecule has 0 aliphatic heterocycles. The molecule has 0 amide bonds. The normalized spacial score (nSPS) is 11.2. The molecule has 0 bridgehead atoms. The maximum atomic E-state index is 2.42. The molecule has 162 valence electrons. The molecule has 0 fully saturated rings. The molecule has 0 aromatic carbocycles. The Morgan fingerprint density at radius 2 is 1.04 bits per heavy atom. The fourth-order valence-electron chi connectivity index (χ4n) is 4.11. The zero-order chi connectivity index (χ0) is 20.1. The molecule has 1 heteroatoms. The molecular weight excluding hydrogens is 338 g/mol. The molecule has 0 aliphatic rings. The van der Waals surface area contributed by atoms with E-state index in [2.05, 4.69) is 42.9 Å². The van der Waals surface area contributed by atoms with Crippen LogP contribution in [-0.2, 0) is 13.0 Å². The van der Waals surface area contributed by atoms with Crippen molar-refractivity contribution in [3.05, 3.63) is 30.1 Å². The second kappa shape index (κ2) is 19.5. The van der Waals surface area contributed by atoms with Crippen molar-refractivity contribution >= 4 is 0 Å². The molecule has 0 atom stereocenters. The van der Waals surface area contributed by atoms with Crippen LogP contribution in [0.15, 0.2) is 24.5 Å². The maximum absolute atomic E-state index is 2.42. The van der Waals surface area contributed by atoms with Crippen LogP contribution in [0.5, 0.6) is 0 Å². The van der Waals surface area contributed by atoms with Crippen LogP contribution >= 0.6 is 0 Å². The third kappa shape index (κ3) is 15.1. The predicted octanol–water partition coefficient (Wildman–Crippen LogP) is 8.58. The molecule has 1 nitrogen and oxygen atoms in total. The van der Waals surface area contributed by atoms with E-state index < -0.39 is 0 Å².